The highest BCUT2D eigenvalue weighted by Gasteiger charge is 2.37. The summed E-state index contributed by atoms with van der Waals surface area (Å²) in [5.41, 5.74) is 1.65. The minimum Gasteiger partial charge on any atom is -0.477 e. The zero-order chi connectivity index (χ0) is 16.1. The minimum absolute atomic E-state index is 0.00328. The van der Waals surface area contributed by atoms with Crippen molar-refractivity contribution in [2.45, 2.75) is 12.5 Å². The van der Waals surface area contributed by atoms with E-state index in [1.54, 1.807) is 12.1 Å². The number of fused-ring (bicyclic) bond motifs is 4. The number of carbonyl (C=O) groups excluding carboxylic acids is 1. The number of rotatable bonds is 2. The number of hydrogen-bond acceptors (Lipinski definition) is 4. The second kappa shape index (κ2) is 4.99. The molecule has 0 bridgehead atoms. The fourth-order valence-electron chi connectivity index (χ4n) is 3.34. The van der Waals surface area contributed by atoms with E-state index in [9.17, 15) is 4.79 Å². The zero-order valence-corrected chi connectivity index (χ0v) is 12.8. The van der Waals surface area contributed by atoms with Gasteiger partial charge in [0.25, 0.3) is 0 Å². The Balaban J connectivity index is 1.46. The Morgan fingerprint density at radius 1 is 0.917 bits per heavy atom. The molecule has 1 unspecified atom stereocenters. The molecule has 3 aromatic rings. The van der Waals surface area contributed by atoms with Crippen molar-refractivity contribution in [2.24, 2.45) is 0 Å². The SMILES string of the molecule is O=C1c2ccc3c(c2OC1Cc1ccc2ccccc2c1)OCO3. The summed E-state index contributed by atoms with van der Waals surface area (Å²) in [5, 5.41) is 2.35. The molecule has 0 fully saturated rings. The average molecular weight is 318 g/mol. The largest absolute Gasteiger partial charge is 0.477 e. The number of carbonyl (C=O) groups is 1. The summed E-state index contributed by atoms with van der Waals surface area (Å²) >= 11 is 0. The molecule has 2 aliphatic heterocycles. The highest BCUT2D eigenvalue weighted by atomic mass is 16.7. The Hall–Kier alpha value is -3.01. The Labute approximate surface area is 138 Å². The minimum atomic E-state index is -0.517. The fraction of sp³-hybridized carbons (Fsp3) is 0.150. The van der Waals surface area contributed by atoms with Gasteiger partial charge >= 0.3 is 0 Å². The Bertz CT molecular complexity index is 977. The predicted octanol–water partition coefficient (Wildman–Crippen LogP) is 3.75. The van der Waals surface area contributed by atoms with E-state index in [0.717, 1.165) is 10.9 Å². The van der Waals surface area contributed by atoms with Crippen molar-refractivity contribution in [3.63, 3.8) is 0 Å². The van der Waals surface area contributed by atoms with Crippen molar-refractivity contribution >= 4 is 16.6 Å². The molecule has 0 radical (unpaired) electrons. The van der Waals surface area contributed by atoms with Gasteiger partial charge in [-0.05, 0) is 28.5 Å². The summed E-state index contributed by atoms with van der Waals surface area (Å²) in [4.78, 5) is 12.6. The molecule has 0 N–H and O–H groups in total. The van der Waals surface area contributed by atoms with Gasteiger partial charge in [-0.25, -0.2) is 0 Å². The lowest BCUT2D eigenvalue weighted by Crippen LogP contribution is -2.23. The first-order valence-electron chi connectivity index (χ1n) is 7.91. The topological polar surface area (TPSA) is 44.8 Å². The van der Waals surface area contributed by atoms with Crippen LogP contribution in [0.1, 0.15) is 15.9 Å². The highest BCUT2D eigenvalue weighted by molar-refractivity contribution is 6.06. The Kier molecular flexibility index (Phi) is 2.80. The Morgan fingerprint density at radius 2 is 1.79 bits per heavy atom. The molecule has 24 heavy (non-hydrogen) atoms. The molecule has 2 heterocycles. The second-order valence-electron chi connectivity index (χ2n) is 6.03. The molecule has 118 valence electrons. The molecule has 0 aliphatic carbocycles. The van der Waals surface area contributed by atoms with E-state index in [-0.39, 0.29) is 12.6 Å². The number of ether oxygens (including phenoxy) is 3. The van der Waals surface area contributed by atoms with Crippen LogP contribution in [0.4, 0.5) is 0 Å². The lowest BCUT2D eigenvalue weighted by Gasteiger charge is -2.11. The van der Waals surface area contributed by atoms with Crippen LogP contribution in [0.15, 0.2) is 54.6 Å². The standard InChI is InChI=1S/C20H14O4/c21-18-15-7-8-16-20(23-11-22-16)19(15)24-17(18)10-12-5-6-13-3-1-2-4-14(13)9-12/h1-9,17H,10-11H2. The number of Topliss-reactive ketones (excluding diaryl/α,β-unsaturated/α-hetero) is 1. The molecule has 0 aromatic heterocycles. The summed E-state index contributed by atoms with van der Waals surface area (Å²) in [6.45, 7) is 0.165. The molecule has 2 aliphatic rings. The van der Waals surface area contributed by atoms with Gasteiger partial charge in [0.1, 0.15) is 0 Å². The summed E-state index contributed by atoms with van der Waals surface area (Å²) in [5.74, 6) is 1.69. The number of ketones is 1. The third-order valence-electron chi connectivity index (χ3n) is 4.55. The van der Waals surface area contributed by atoms with E-state index in [1.165, 1.54) is 5.39 Å². The van der Waals surface area contributed by atoms with Crippen molar-refractivity contribution < 1.29 is 19.0 Å². The van der Waals surface area contributed by atoms with Crippen LogP contribution < -0.4 is 14.2 Å². The van der Waals surface area contributed by atoms with Gasteiger partial charge in [-0.15, -0.1) is 0 Å². The van der Waals surface area contributed by atoms with Crippen LogP contribution in [0.3, 0.4) is 0 Å². The third-order valence-corrected chi connectivity index (χ3v) is 4.55. The molecule has 0 amide bonds. The highest BCUT2D eigenvalue weighted by Crippen LogP contribution is 2.47. The molecule has 4 heteroatoms. The molecule has 0 spiro atoms. The van der Waals surface area contributed by atoms with Gasteiger partial charge < -0.3 is 14.2 Å². The quantitative estimate of drug-likeness (QED) is 0.722. The molecule has 4 nitrogen and oxygen atoms in total. The molecular weight excluding hydrogens is 304 g/mol. The van der Waals surface area contributed by atoms with E-state index in [2.05, 4.69) is 24.3 Å². The fourth-order valence-corrected chi connectivity index (χ4v) is 3.34. The first-order chi connectivity index (χ1) is 11.8. The van der Waals surface area contributed by atoms with Gasteiger partial charge in [0, 0.05) is 6.42 Å². The molecule has 0 saturated carbocycles. The van der Waals surface area contributed by atoms with Crippen LogP contribution in [0, 0.1) is 0 Å². The van der Waals surface area contributed by atoms with Gasteiger partial charge in [-0.3, -0.25) is 4.79 Å². The number of benzene rings is 3. The smallest absolute Gasteiger partial charge is 0.231 e. The summed E-state index contributed by atoms with van der Waals surface area (Å²) in [7, 11) is 0. The van der Waals surface area contributed by atoms with Gasteiger partial charge in [-0.2, -0.15) is 0 Å². The van der Waals surface area contributed by atoms with Gasteiger partial charge in [0.2, 0.25) is 18.3 Å². The van der Waals surface area contributed by atoms with Crippen LogP contribution in [0.25, 0.3) is 10.8 Å². The third kappa shape index (κ3) is 1.96. The van der Waals surface area contributed by atoms with Crippen LogP contribution >= 0.6 is 0 Å². The maximum absolute atomic E-state index is 12.6. The predicted molar refractivity (Wildman–Crippen MR) is 89.0 cm³/mol. The van der Waals surface area contributed by atoms with Crippen LogP contribution in [-0.4, -0.2) is 18.7 Å². The summed E-state index contributed by atoms with van der Waals surface area (Å²) in [6, 6.07) is 17.9. The molecule has 1 atom stereocenters. The normalized spacial score (nSPS) is 17.8. The van der Waals surface area contributed by atoms with Gasteiger partial charge in [0.15, 0.2) is 17.6 Å². The van der Waals surface area contributed by atoms with E-state index in [1.807, 2.05) is 18.2 Å². The first-order valence-corrected chi connectivity index (χ1v) is 7.91. The monoisotopic (exact) mass is 318 g/mol. The van der Waals surface area contributed by atoms with Crippen molar-refractivity contribution in [1.29, 1.82) is 0 Å². The van der Waals surface area contributed by atoms with E-state index >= 15 is 0 Å². The van der Waals surface area contributed by atoms with Crippen molar-refractivity contribution in [1.82, 2.24) is 0 Å². The maximum Gasteiger partial charge on any atom is 0.231 e. The van der Waals surface area contributed by atoms with E-state index in [4.69, 9.17) is 14.2 Å². The van der Waals surface area contributed by atoms with Crippen LogP contribution in [-0.2, 0) is 6.42 Å². The van der Waals surface area contributed by atoms with Crippen molar-refractivity contribution in [2.75, 3.05) is 6.79 Å². The second-order valence-corrected chi connectivity index (χ2v) is 6.03. The maximum atomic E-state index is 12.6. The first kappa shape index (κ1) is 13.4. The van der Waals surface area contributed by atoms with Crippen molar-refractivity contribution in [3.8, 4) is 17.2 Å². The zero-order valence-electron chi connectivity index (χ0n) is 12.8. The summed E-state index contributed by atoms with van der Waals surface area (Å²) in [6.07, 6.45) is 0.0189. The van der Waals surface area contributed by atoms with Crippen molar-refractivity contribution in [3.05, 3.63) is 65.7 Å². The lowest BCUT2D eigenvalue weighted by molar-refractivity contribution is 0.0854. The molecule has 0 saturated heterocycles. The Morgan fingerprint density at radius 3 is 2.71 bits per heavy atom. The molecular formula is C20H14O4. The van der Waals surface area contributed by atoms with Crippen LogP contribution in [0.5, 0.6) is 17.2 Å². The number of hydrogen-bond donors (Lipinski definition) is 0. The molecule has 5 rings (SSSR count). The van der Waals surface area contributed by atoms with E-state index < -0.39 is 6.10 Å². The average Bonchev–Trinajstić information content (AvgIpc) is 3.20. The van der Waals surface area contributed by atoms with Gasteiger partial charge in [0.05, 0.1) is 5.56 Å². The van der Waals surface area contributed by atoms with Gasteiger partial charge in [-0.1, -0.05) is 42.5 Å². The van der Waals surface area contributed by atoms with Crippen LogP contribution in [0.2, 0.25) is 0 Å². The molecule has 3 aromatic carbocycles. The van der Waals surface area contributed by atoms with E-state index in [0.29, 0.717) is 29.2 Å². The summed E-state index contributed by atoms with van der Waals surface area (Å²) < 4.78 is 16.7. The lowest BCUT2D eigenvalue weighted by atomic mass is 9.99.